The summed E-state index contributed by atoms with van der Waals surface area (Å²) in [7, 11) is 0. The van der Waals surface area contributed by atoms with Crippen molar-refractivity contribution in [3.63, 3.8) is 0 Å². The first kappa shape index (κ1) is 11.0. The summed E-state index contributed by atoms with van der Waals surface area (Å²) in [4.78, 5) is 12.2. The molecule has 2 bridgehead atoms. The minimum absolute atomic E-state index is 0.0298. The summed E-state index contributed by atoms with van der Waals surface area (Å²) in [5.74, 6) is 1.40. The van der Waals surface area contributed by atoms with Crippen LogP contribution in [0.1, 0.15) is 53.4 Å². The second kappa shape index (κ2) is 3.23. The van der Waals surface area contributed by atoms with Crippen LogP contribution in [-0.2, 0) is 9.53 Å². The number of carbonyl (C=O) groups excluding carboxylic acids is 1. The zero-order valence-electron chi connectivity index (χ0n) is 10.3. The summed E-state index contributed by atoms with van der Waals surface area (Å²) in [6.45, 7) is 7.94. The Morgan fingerprint density at radius 3 is 2.40 bits per heavy atom. The Morgan fingerprint density at radius 1 is 1.33 bits per heavy atom. The molecule has 2 aliphatic rings. The molecule has 2 rings (SSSR count). The highest BCUT2D eigenvalue weighted by Gasteiger charge is 2.53. The third-order valence-electron chi connectivity index (χ3n) is 4.02. The van der Waals surface area contributed by atoms with Crippen molar-refractivity contribution in [2.75, 3.05) is 0 Å². The topological polar surface area (TPSA) is 26.3 Å². The van der Waals surface area contributed by atoms with Gasteiger partial charge in [-0.2, -0.15) is 0 Å². The molecule has 2 heteroatoms. The lowest BCUT2D eigenvalue weighted by atomic mass is 9.75. The lowest BCUT2D eigenvalue weighted by molar-refractivity contribution is -0.169. The van der Waals surface area contributed by atoms with Crippen molar-refractivity contribution in [2.24, 2.45) is 17.3 Å². The number of hydrogen-bond acceptors (Lipinski definition) is 2. The molecule has 0 aromatic heterocycles. The van der Waals surface area contributed by atoms with E-state index in [1.807, 2.05) is 20.8 Å². The fourth-order valence-corrected chi connectivity index (χ4v) is 3.25. The maximum atomic E-state index is 12.2. The van der Waals surface area contributed by atoms with E-state index in [4.69, 9.17) is 4.74 Å². The predicted molar refractivity (Wildman–Crippen MR) is 59.4 cm³/mol. The average molecular weight is 210 g/mol. The lowest BCUT2D eigenvalue weighted by Gasteiger charge is -2.34. The Balaban J connectivity index is 2.07. The number of rotatable bonds is 1. The van der Waals surface area contributed by atoms with Crippen LogP contribution in [0, 0.1) is 17.3 Å². The highest BCUT2D eigenvalue weighted by Crippen LogP contribution is 2.56. The molecule has 15 heavy (non-hydrogen) atoms. The molecule has 86 valence electrons. The molecule has 0 aliphatic heterocycles. The van der Waals surface area contributed by atoms with Gasteiger partial charge in [-0.1, -0.05) is 6.42 Å². The van der Waals surface area contributed by atoms with Gasteiger partial charge in [0.15, 0.2) is 0 Å². The second-order valence-corrected chi connectivity index (χ2v) is 6.50. The van der Waals surface area contributed by atoms with Gasteiger partial charge < -0.3 is 4.74 Å². The zero-order chi connectivity index (χ0) is 11.3. The van der Waals surface area contributed by atoms with E-state index in [2.05, 4.69) is 6.92 Å². The van der Waals surface area contributed by atoms with Gasteiger partial charge in [0.1, 0.15) is 5.60 Å². The quantitative estimate of drug-likeness (QED) is 0.621. The highest BCUT2D eigenvalue weighted by molar-refractivity contribution is 5.78. The van der Waals surface area contributed by atoms with Crippen molar-refractivity contribution < 1.29 is 9.53 Å². The average Bonchev–Trinajstić information content (AvgIpc) is 2.60. The van der Waals surface area contributed by atoms with Gasteiger partial charge >= 0.3 is 5.97 Å². The summed E-state index contributed by atoms with van der Waals surface area (Å²) in [5.41, 5.74) is -0.530. The lowest BCUT2D eigenvalue weighted by Crippen LogP contribution is -2.39. The molecule has 0 radical (unpaired) electrons. The molecule has 3 atom stereocenters. The van der Waals surface area contributed by atoms with Crippen molar-refractivity contribution >= 4 is 5.97 Å². The summed E-state index contributed by atoms with van der Waals surface area (Å²) in [6, 6.07) is 0. The molecule has 3 unspecified atom stereocenters. The van der Waals surface area contributed by atoms with Crippen LogP contribution < -0.4 is 0 Å². The Hall–Kier alpha value is -0.530. The number of ether oxygens (including phenoxy) is 1. The summed E-state index contributed by atoms with van der Waals surface area (Å²) < 4.78 is 5.54. The molecular formula is C13H22O2. The maximum absolute atomic E-state index is 12.2. The van der Waals surface area contributed by atoms with Crippen LogP contribution in [0.3, 0.4) is 0 Å². The Kier molecular flexibility index (Phi) is 2.36. The maximum Gasteiger partial charge on any atom is 0.312 e. The molecule has 2 nitrogen and oxygen atoms in total. The molecule has 2 fully saturated rings. The van der Waals surface area contributed by atoms with Crippen molar-refractivity contribution in [3.05, 3.63) is 0 Å². The molecule has 0 heterocycles. The Morgan fingerprint density at radius 2 is 2.00 bits per heavy atom. The van der Waals surface area contributed by atoms with Crippen molar-refractivity contribution in [2.45, 2.75) is 59.0 Å². The van der Waals surface area contributed by atoms with Crippen LogP contribution in [-0.4, -0.2) is 11.6 Å². The number of fused-ring (bicyclic) bond motifs is 2. The van der Waals surface area contributed by atoms with Crippen LogP contribution in [0.5, 0.6) is 0 Å². The Bertz CT molecular complexity index is 277. The number of carbonyl (C=O) groups is 1. The zero-order valence-corrected chi connectivity index (χ0v) is 10.3. The Labute approximate surface area is 92.4 Å². The predicted octanol–water partition coefficient (Wildman–Crippen LogP) is 3.15. The van der Waals surface area contributed by atoms with E-state index in [1.54, 1.807) is 0 Å². The highest BCUT2D eigenvalue weighted by atomic mass is 16.6. The fraction of sp³-hybridized carbons (Fsp3) is 0.923. The van der Waals surface area contributed by atoms with Crippen molar-refractivity contribution in [1.82, 2.24) is 0 Å². The summed E-state index contributed by atoms with van der Waals surface area (Å²) in [5, 5.41) is 0. The first-order valence-electron chi connectivity index (χ1n) is 6.05. The van der Waals surface area contributed by atoms with Gasteiger partial charge in [-0.3, -0.25) is 4.79 Å². The van der Waals surface area contributed by atoms with Crippen LogP contribution in [0.25, 0.3) is 0 Å². The van der Waals surface area contributed by atoms with E-state index in [9.17, 15) is 4.79 Å². The third-order valence-corrected chi connectivity index (χ3v) is 4.02. The monoisotopic (exact) mass is 210 g/mol. The minimum atomic E-state index is -0.345. The SMILES string of the molecule is CC(C)(C)OC(=O)C1(C)CC2CCC1C2. The molecule has 0 aromatic carbocycles. The molecular weight excluding hydrogens is 188 g/mol. The first-order valence-corrected chi connectivity index (χ1v) is 6.05. The van der Waals surface area contributed by atoms with Gasteiger partial charge in [-0.05, 0) is 58.8 Å². The third kappa shape index (κ3) is 1.91. The number of hydrogen-bond donors (Lipinski definition) is 0. The van der Waals surface area contributed by atoms with E-state index in [1.165, 1.54) is 19.3 Å². The van der Waals surface area contributed by atoms with Crippen LogP contribution in [0.15, 0.2) is 0 Å². The van der Waals surface area contributed by atoms with Gasteiger partial charge in [0.25, 0.3) is 0 Å². The van der Waals surface area contributed by atoms with Gasteiger partial charge in [0.2, 0.25) is 0 Å². The molecule has 0 amide bonds. The summed E-state index contributed by atoms with van der Waals surface area (Å²) >= 11 is 0. The van der Waals surface area contributed by atoms with E-state index >= 15 is 0 Å². The molecule has 0 saturated heterocycles. The van der Waals surface area contributed by atoms with Gasteiger partial charge in [-0.15, -0.1) is 0 Å². The van der Waals surface area contributed by atoms with Crippen LogP contribution >= 0.6 is 0 Å². The van der Waals surface area contributed by atoms with Gasteiger partial charge in [0, 0.05) is 0 Å². The fourth-order valence-electron chi connectivity index (χ4n) is 3.25. The van der Waals surface area contributed by atoms with Crippen molar-refractivity contribution in [3.8, 4) is 0 Å². The summed E-state index contributed by atoms with van der Waals surface area (Å²) in [6.07, 6.45) is 4.84. The molecule has 0 aromatic rings. The standard InChI is InChI=1S/C13H22O2/c1-12(2,3)15-11(14)13(4)8-9-5-6-10(13)7-9/h9-10H,5-8H2,1-4H3. The molecule has 2 saturated carbocycles. The molecule has 0 spiro atoms. The molecule has 2 aliphatic carbocycles. The van der Waals surface area contributed by atoms with E-state index in [0.717, 1.165) is 12.3 Å². The van der Waals surface area contributed by atoms with Crippen LogP contribution in [0.4, 0.5) is 0 Å². The minimum Gasteiger partial charge on any atom is -0.460 e. The van der Waals surface area contributed by atoms with Crippen LogP contribution in [0.2, 0.25) is 0 Å². The molecule has 0 N–H and O–H groups in total. The second-order valence-electron chi connectivity index (χ2n) is 6.50. The normalized spacial score (nSPS) is 39.5. The smallest absolute Gasteiger partial charge is 0.312 e. The largest absolute Gasteiger partial charge is 0.460 e. The van der Waals surface area contributed by atoms with Gasteiger partial charge in [0.05, 0.1) is 5.41 Å². The van der Waals surface area contributed by atoms with Gasteiger partial charge in [-0.25, -0.2) is 0 Å². The first-order chi connectivity index (χ1) is 6.81. The van der Waals surface area contributed by atoms with E-state index in [-0.39, 0.29) is 17.0 Å². The van der Waals surface area contributed by atoms with E-state index in [0.29, 0.717) is 5.92 Å². The van der Waals surface area contributed by atoms with E-state index < -0.39 is 0 Å². The number of esters is 1. The van der Waals surface area contributed by atoms with Crippen molar-refractivity contribution in [1.29, 1.82) is 0 Å².